The summed E-state index contributed by atoms with van der Waals surface area (Å²) in [5.41, 5.74) is 1.04. The molecular weight excluding hydrogens is 368 g/mol. The minimum atomic E-state index is -3.00. The number of anilines is 1. The van der Waals surface area contributed by atoms with Gasteiger partial charge in [-0.05, 0) is 57.0 Å². The molecule has 1 aromatic rings. The van der Waals surface area contributed by atoms with Crippen LogP contribution < -0.4 is 10.6 Å². The number of aromatic nitrogens is 1. The lowest BCUT2D eigenvalue weighted by molar-refractivity contribution is -0.123. The average Bonchev–Trinajstić information content (AvgIpc) is 2.93. The predicted octanol–water partition coefficient (Wildman–Crippen LogP) is 0.344. The number of aryl methyl sites for hydroxylation is 1. The Morgan fingerprint density at radius 3 is 2.63 bits per heavy atom. The molecule has 0 aliphatic carbocycles. The van der Waals surface area contributed by atoms with Crippen LogP contribution in [0, 0.1) is 12.8 Å². The van der Waals surface area contributed by atoms with Crippen LogP contribution in [0.5, 0.6) is 0 Å². The Labute approximate surface area is 159 Å². The summed E-state index contributed by atoms with van der Waals surface area (Å²) in [6, 6.07) is 3.44. The van der Waals surface area contributed by atoms with E-state index in [9.17, 15) is 18.0 Å². The molecule has 2 N–H and O–H groups in total. The van der Waals surface area contributed by atoms with Crippen molar-refractivity contribution < 1.29 is 18.0 Å². The van der Waals surface area contributed by atoms with Gasteiger partial charge in [-0.25, -0.2) is 13.4 Å². The molecule has 2 aliphatic heterocycles. The molecule has 0 radical (unpaired) electrons. The highest BCUT2D eigenvalue weighted by molar-refractivity contribution is 7.91. The lowest BCUT2D eigenvalue weighted by Crippen LogP contribution is -2.46. The lowest BCUT2D eigenvalue weighted by atomic mass is 9.96. The summed E-state index contributed by atoms with van der Waals surface area (Å²) < 4.78 is 22.9. The van der Waals surface area contributed by atoms with Crippen LogP contribution in [0.3, 0.4) is 0 Å². The van der Waals surface area contributed by atoms with Gasteiger partial charge in [-0.1, -0.05) is 0 Å². The first-order valence-corrected chi connectivity index (χ1v) is 11.1. The number of nitrogens with zero attached hydrogens (tertiary/aromatic N) is 2. The summed E-state index contributed by atoms with van der Waals surface area (Å²) in [4.78, 5) is 30.7. The molecule has 0 spiro atoms. The maximum Gasteiger partial charge on any atom is 0.234 e. The molecule has 1 atom stereocenters. The summed E-state index contributed by atoms with van der Waals surface area (Å²) >= 11 is 0. The minimum Gasteiger partial charge on any atom is -0.351 e. The van der Waals surface area contributed by atoms with Gasteiger partial charge in [0.2, 0.25) is 11.8 Å². The largest absolute Gasteiger partial charge is 0.351 e. The highest BCUT2D eigenvalue weighted by atomic mass is 32.2. The van der Waals surface area contributed by atoms with Crippen molar-refractivity contribution in [1.82, 2.24) is 15.2 Å². The van der Waals surface area contributed by atoms with Crippen LogP contribution in [-0.2, 0) is 19.4 Å². The summed E-state index contributed by atoms with van der Waals surface area (Å²) in [6.07, 6.45) is 3.52. The van der Waals surface area contributed by atoms with Crippen molar-refractivity contribution in [2.24, 2.45) is 5.92 Å². The highest BCUT2D eigenvalue weighted by Gasteiger charge is 2.30. The number of carbonyl (C=O) groups is 2. The molecule has 148 valence electrons. The number of carbonyl (C=O) groups excluding carboxylic acids is 2. The van der Waals surface area contributed by atoms with E-state index in [4.69, 9.17) is 0 Å². The molecule has 2 amide bonds. The Hall–Kier alpha value is -2.00. The monoisotopic (exact) mass is 394 g/mol. The number of pyridine rings is 1. The Morgan fingerprint density at radius 1 is 1.26 bits per heavy atom. The molecule has 1 aromatic heterocycles. The molecule has 9 heteroatoms. The Balaban J connectivity index is 1.40. The van der Waals surface area contributed by atoms with E-state index < -0.39 is 9.84 Å². The van der Waals surface area contributed by atoms with Crippen LogP contribution in [0.2, 0.25) is 0 Å². The first-order valence-electron chi connectivity index (χ1n) is 9.26. The van der Waals surface area contributed by atoms with Crippen molar-refractivity contribution in [2.75, 3.05) is 36.5 Å². The number of hydrogen-bond donors (Lipinski definition) is 2. The third kappa shape index (κ3) is 5.74. The fourth-order valence-corrected chi connectivity index (χ4v) is 5.24. The van der Waals surface area contributed by atoms with Crippen LogP contribution >= 0.6 is 0 Å². The van der Waals surface area contributed by atoms with Crippen molar-refractivity contribution in [3.8, 4) is 0 Å². The van der Waals surface area contributed by atoms with Crippen molar-refractivity contribution >= 4 is 27.5 Å². The normalized spacial score (nSPS) is 23.1. The van der Waals surface area contributed by atoms with E-state index >= 15 is 0 Å². The van der Waals surface area contributed by atoms with Crippen molar-refractivity contribution in [3.05, 3.63) is 23.9 Å². The Bertz CT molecular complexity index is 803. The van der Waals surface area contributed by atoms with Crippen LogP contribution in [0.25, 0.3) is 0 Å². The number of hydrogen-bond acceptors (Lipinski definition) is 6. The lowest BCUT2D eigenvalue weighted by Gasteiger charge is -2.30. The van der Waals surface area contributed by atoms with E-state index in [2.05, 4.69) is 15.6 Å². The maximum atomic E-state index is 12.4. The zero-order chi connectivity index (χ0) is 19.4. The smallest absolute Gasteiger partial charge is 0.234 e. The molecule has 0 aromatic carbocycles. The average molecular weight is 394 g/mol. The van der Waals surface area contributed by atoms with Crippen LogP contribution in [0.1, 0.15) is 24.8 Å². The van der Waals surface area contributed by atoms with Crippen molar-refractivity contribution in [3.63, 3.8) is 0 Å². The molecule has 3 rings (SSSR count). The number of rotatable bonds is 5. The topological polar surface area (TPSA) is 108 Å². The van der Waals surface area contributed by atoms with Crippen molar-refractivity contribution in [1.29, 1.82) is 0 Å². The fourth-order valence-electron chi connectivity index (χ4n) is 3.57. The van der Waals surface area contributed by atoms with Crippen LogP contribution in [0.4, 0.5) is 5.82 Å². The number of sulfone groups is 1. The molecule has 0 saturated carbocycles. The zero-order valence-electron chi connectivity index (χ0n) is 15.5. The molecule has 2 saturated heterocycles. The van der Waals surface area contributed by atoms with Gasteiger partial charge in [0.15, 0.2) is 9.84 Å². The van der Waals surface area contributed by atoms with E-state index in [0.29, 0.717) is 38.2 Å². The summed E-state index contributed by atoms with van der Waals surface area (Å²) in [5.74, 6) is 0.472. The number of piperidine rings is 1. The molecule has 27 heavy (non-hydrogen) atoms. The summed E-state index contributed by atoms with van der Waals surface area (Å²) in [5, 5.41) is 5.67. The van der Waals surface area contributed by atoms with E-state index in [1.54, 1.807) is 6.20 Å². The molecule has 3 heterocycles. The van der Waals surface area contributed by atoms with Crippen LogP contribution in [0.15, 0.2) is 18.3 Å². The first-order chi connectivity index (χ1) is 12.8. The summed E-state index contributed by atoms with van der Waals surface area (Å²) in [7, 11) is -3.00. The van der Waals surface area contributed by atoms with Gasteiger partial charge in [0, 0.05) is 18.2 Å². The van der Waals surface area contributed by atoms with Gasteiger partial charge < -0.3 is 10.6 Å². The van der Waals surface area contributed by atoms with Gasteiger partial charge in [0.05, 0.1) is 18.1 Å². The van der Waals surface area contributed by atoms with Gasteiger partial charge >= 0.3 is 0 Å². The number of nitrogens with one attached hydrogen (secondary N) is 2. The fraction of sp³-hybridized carbons (Fsp3) is 0.611. The van der Waals surface area contributed by atoms with Gasteiger partial charge in [-0.15, -0.1) is 0 Å². The maximum absolute atomic E-state index is 12.4. The summed E-state index contributed by atoms with van der Waals surface area (Å²) in [6.45, 7) is 3.51. The van der Waals surface area contributed by atoms with E-state index in [-0.39, 0.29) is 41.8 Å². The highest BCUT2D eigenvalue weighted by Crippen LogP contribution is 2.19. The van der Waals surface area contributed by atoms with Crippen molar-refractivity contribution in [2.45, 2.75) is 32.2 Å². The Morgan fingerprint density at radius 2 is 2.00 bits per heavy atom. The van der Waals surface area contributed by atoms with E-state index in [0.717, 1.165) is 5.56 Å². The van der Waals surface area contributed by atoms with Gasteiger partial charge in [-0.2, -0.15) is 0 Å². The molecular formula is C18H26N4O4S. The minimum absolute atomic E-state index is 0.0339. The van der Waals surface area contributed by atoms with Crippen LogP contribution in [-0.4, -0.2) is 67.3 Å². The number of likely N-dealkylation sites (tertiary alicyclic amines) is 1. The van der Waals surface area contributed by atoms with E-state index in [1.165, 1.54) is 0 Å². The van der Waals surface area contributed by atoms with Gasteiger partial charge in [-0.3, -0.25) is 14.5 Å². The zero-order valence-corrected chi connectivity index (χ0v) is 16.3. The third-order valence-electron chi connectivity index (χ3n) is 5.09. The Kier molecular flexibility index (Phi) is 6.11. The van der Waals surface area contributed by atoms with E-state index in [1.807, 2.05) is 24.0 Å². The SMILES string of the molecule is Cc1ccnc(NC(=O)C2CCN(CC(=O)N[C@@H]3CCS(=O)(=O)C3)CC2)c1. The second-order valence-electron chi connectivity index (χ2n) is 7.43. The molecule has 0 bridgehead atoms. The standard InChI is InChI=1S/C18H26N4O4S/c1-13-2-6-19-16(10-13)21-18(24)14-3-7-22(8-4-14)11-17(23)20-15-5-9-27(25,26)12-15/h2,6,10,14-15H,3-5,7-9,11-12H2,1H3,(H,20,23)(H,19,21,24)/t15-/m1/s1. The quantitative estimate of drug-likeness (QED) is 0.746. The molecule has 8 nitrogen and oxygen atoms in total. The molecule has 2 aliphatic rings. The van der Waals surface area contributed by atoms with Gasteiger partial charge in [0.25, 0.3) is 0 Å². The first kappa shape index (κ1) is 19.8. The molecule has 2 fully saturated rings. The second kappa shape index (κ2) is 8.35. The second-order valence-corrected chi connectivity index (χ2v) is 9.65. The number of amides is 2. The molecule has 0 unspecified atom stereocenters. The third-order valence-corrected chi connectivity index (χ3v) is 6.86. The van der Waals surface area contributed by atoms with Gasteiger partial charge in [0.1, 0.15) is 5.82 Å². The predicted molar refractivity (Wildman–Crippen MR) is 102 cm³/mol.